The van der Waals surface area contributed by atoms with Crippen LogP contribution >= 0.6 is 0 Å². The highest BCUT2D eigenvalue weighted by molar-refractivity contribution is 5.93. The number of nitriles is 1. The second-order valence-corrected chi connectivity index (χ2v) is 4.45. The van der Waals surface area contributed by atoms with Gasteiger partial charge in [-0.2, -0.15) is 5.26 Å². The van der Waals surface area contributed by atoms with Gasteiger partial charge in [-0.25, -0.2) is 4.39 Å². The highest BCUT2D eigenvalue weighted by atomic mass is 19.1. The van der Waals surface area contributed by atoms with Gasteiger partial charge < -0.3 is 4.74 Å². The number of aldehydes is 1. The lowest BCUT2D eigenvalue weighted by atomic mass is 9.80. The lowest BCUT2D eigenvalue weighted by Crippen LogP contribution is -2.37. The van der Waals surface area contributed by atoms with Crippen molar-refractivity contribution in [3.8, 4) is 6.07 Å². The first-order chi connectivity index (χ1) is 9.66. The molecule has 0 bridgehead atoms. The Morgan fingerprint density at radius 3 is 2.70 bits per heavy atom. The molecule has 1 aromatic carbocycles. The molecule has 1 unspecified atom stereocenters. The number of allylic oxidation sites excluding steroid dienone is 2. The molecule has 20 heavy (non-hydrogen) atoms. The first-order valence-electron chi connectivity index (χ1n) is 6.34. The molecule has 0 saturated heterocycles. The van der Waals surface area contributed by atoms with E-state index in [9.17, 15) is 14.4 Å². The third-order valence-electron chi connectivity index (χ3n) is 3.24. The highest BCUT2D eigenvalue weighted by Crippen LogP contribution is 2.38. The van der Waals surface area contributed by atoms with Gasteiger partial charge in [0.25, 0.3) is 0 Å². The van der Waals surface area contributed by atoms with Crippen molar-refractivity contribution >= 4 is 11.9 Å². The van der Waals surface area contributed by atoms with Crippen LogP contribution in [0.4, 0.5) is 4.39 Å². The first kappa shape index (κ1) is 14.2. The number of carbonyl (C=O) groups is 1. The fourth-order valence-electron chi connectivity index (χ4n) is 2.40. The summed E-state index contributed by atoms with van der Waals surface area (Å²) >= 11 is 0. The van der Waals surface area contributed by atoms with Crippen LogP contribution in [0.15, 0.2) is 42.0 Å². The second kappa shape index (κ2) is 5.81. The summed E-state index contributed by atoms with van der Waals surface area (Å²) in [6.07, 6.45) is 4.49. The summed E-state index contributed by atoms with van der Waals surface area (Å²) in [6, 6.07) is 7.79. The molecule has 4 heteroatoms. The average molecular weight is 271 g/mol. The van der Waals surface area contributed by atoms with Gasteiger partial charge in [-0.1, -0.05) is 18.2 Å². The SMILES string of the molecule is CCOC1(C=O)CC=CC(C#N)=C1c1ccc(F)cc1. The maximum atomic E-state index is 13.1. The standard InChI is InChI=1S/C16H14FNO2/c1-2-20-16(11-19)9-3-4-13(10-18)15(16)12-5-7-14(17)8-6-12/h3-8,11H,2,9H2,1H3. The summed E-state index contributed by atoms with van der Waals surface area (Å²) in [7, 11) is 0. The monoisotopic (exact) mass is 271 g/mol. The molecule has 0 aromatic heterocycles. The highest BCUT2D eigenvalue weighted by Gasteiger charge is 2.38. The minimum Gasteiger partial charge on any atom is -0.363 e. The molecule has 1 atom stereocenters. The first-order valence-corrected chi connectivity index (χ1v) is 6.34. The zero-order valence-corrected chi connectivity index (χ0v) is 11.1. The van der Waals surface area contributed by atoms with Gasteiger partial charge >= 0.3 is 0 Å². The maximum Gasteiger partial charge on any atom is 0.156 e. The zero-order valence-electron chi connectivity index (χ0n) is 11.1. The molecule has 2 rings (SSSR count). The van der Waals surface area contributed by atoms with Gasteiger partial charge in [0.2, 0.25) is 0 Å². The van der Waals surface area contributed by atoms with Crippen LogP contribution in [0.25, 0.3) is 5.57 Å². The van der Waals surface area contributed by atoms with E-state index in [0.29, 0.717) is 29.7 Å². The molecule has 0 amide bonds. The van der Waals surface area contributed by atoms with E-state index < -0.39 is 5.60 Å². The van der Waals surface area contributed by atoms with Crippen LogP contribution < -0.4 is 0 Å². The van der Waals surface area contributed by atoms with E-state index in [2.05, 4.69) is 6.07 Å². The van der Waals surface area contributed by atoms with Gasteiger partial charge in [-0.3, -0.25) is 4.79 Å². The third kappa shape index (κ3) is 2.40. The fraction of sp³-hybridized carbons (Fsp3) is 0.250. The van der Waals surface area contributed by atoms with Crippen LogP contribution in [0.5, 0.6) is 0 Å². The van der Waals surface area contributed by atoms with Crippen molar-refractivity contribution in [1.29, 1.82) is 5.26 Å². The number of carbonyl (C=O) groups excluding carboxylic acids is 1. The minimum atomic E-state index is -1.17. The topological polar surface area (TPSA) is 50.1 Å². The predicted molar refractivity (Wildman–Crippen MR) is 73.1 cm³/mol. The van der Waals surface area contributed by atoms with Gasteiger partial charge in [0.1, 0.15) is 5.82 Å². The van der Waals surface area contributed by atoms with Gasteiger partial charge in [-0.15, -0.1) is 0 Å². The largest absolute Gasteiger partial charge is 0.363 e. The van der Waals surface area contributed by atoms with Crippen LogP contribution in [0.2, 0.25) is 0 Å². The van der Waals surface area contributed by atoms with Crippen molar-refractivity contribution in [2.24, 2.45) is 0 Å². The Bertz CT molecular complexity index is 610. The Kier molecular flexibility index (Phi) is 4.11. The number of ether oxygens (including phenoxy) is 1. The predicted octanol–water partition coefficient (Wildman–Crippen LogP) is 3.04. The smallest absolute Gasteiger partial charge is 0.156 e. The molecule has 1 aliphatic rings. The summed E-state index contributed by atoms with van der Waals surface area (Å²) < 4.78 is 18.7. The average Bonchev–Trinajstić information content (AvgIpc) is 2.48. The van der Waals surface area contributed by atoms with Gasteiger partial charge in [0.15, 0.2) is 11.9 Å². The Hall–Kier alpha value is -2.25. The zero-order chi connectivity index (χ0) is 14.6. The van der Waals surface area contributed by atoms with Crippen molar-refractivity contribution < 1.29 is 13.9 Å². The van der Waals surface area contributed by atoms with Crippen LogP contribution in [0.1, 0.15) is 18.9 Å². The fourth-order valence-corrected chi connectivity index (χ4v) is 2.40. The van der Waals surface area contributed by atoms with Gasteiger partial charge in [0, 0.05) is 18.6 Å². The molecule has 0 heterocycles. The number of halogens is 1. The molecular formula is C16H14FNO2. The molecule has 0 radical (unpaired) electrons. The molecule has 1 aromatic rings. The van der Waals surface area contributed by atoms with E-state index in [0.717, 1.165) is 6.29 Å². The van der Waals surface area contributed by atoms with Crippen molar-refractivity contribution in [2.45, 2.75) is 18.9 Å². The number of benzene rings is 1. The molecule has 0 N–H and O–H groups in total. The van der Waals surface area contributed by atoms with E-state index in [1.807, 2.05) is 0 Å². The summed E-state index contributed by atoms with van der Waals surface area (Å²) in [4.78, 5) is 11.6. The van der Waals surface area contributed by atoms with Crippen molar-refractivity contribution in [3.05, 3.63) is 53.4 Å². The van der Waals surface area contributed by atoms with Crippen LogP contribution in [0, 0.1) is 17.1 Å². The summed E-state index contributed by atoms with van der Waals surface area (Å²) in [5, 5.41) is 9.27. The number of hydrogen-bond acceptors (Lipinski definition) is 3. The Balaban J connectivity index is 2.64. The molecule has 3 nitrogen and oxygen atoms in total. The Morgan fingerprint density at radius 1 is 1.45 bits per heavy atom. The normalized spacial score (nSPS) is 21.6. The molecule has 102 valence electrons. The van der Waals surface area contributed by atoms with E-state index in [4.69, 9.17) is 4.74 Å². The molecular weight excluding hydrogens is 257 g/mol. The second-order valence-electron chi connectivity index (χ2n) is 4.45. The molecule has 0 fully saturated rings. The number of nitrogens with zero attached hydrogens (tertiary/aromatic N) is 1. The Morgan fingerprint density at radius 2 is 2.15 bits per heavy atom. The Labute approximate surface area is 117 Å². The minimum absolute atomic E-state index is 0.343. The molecule has 1 aliphatic carbocycles. The summed E-state index contributed by atoms with van der Waals surface area (Å²) in [5.74, 6) is -0.368. The molecule has 0 aliphatic heterocycles. The quantitative estimate of drug-likeness (QED) is 0.791. The van der Waals surface area contributed by atoms with Crippen LogP contribution in [-0.2, 0) is 9.53 Å². The molecule has 0 spiro atoms. The number of rotatable bonds is 4. The maximum absolute atomic E-state index is 13.1. The van der Waals surface area contributed by atoms with E-state index >= 15 is 0 Å². The van der Waals surface area contributed by atoms with Crippen molar-refractivity contribution in [1.82, 2.24) is 0 Å². The van der Waals surface area contributed by atoms with Gasteiger partial charge in [-0.05, 0) is 30.7 Å². The molecule has 0 saturated carbocycles. The van der Waals surface area contributed by atoms with E-state index in [1.165, 1.54) is 12.1 Å². The van der Waals surface area contributed by atoms with Crippen LogP contribution in [0.3, 0.4) is 0 Å². The van der Waals surface area contributed by atoms with Crippen molar-refractivity contribution in [3.63, 3.8) is 0 Å². The van der Waals surface area contributed by atoms with Gasteiger partial charge in [0.05, 0.1) is 11.6 Å². The third-order valence-corrected chi connectivity index (χ3v) is 3.24. The van der Waals surface area contributed by atoms with Crippen molar-refractivity contribution in [2.75, 3.05) is 6.61 Å². The summed E-state index contributed by atoms with van der Waals surface area (Å²) in [5.41, 5.74) is 0.308. The summed E-state index contributed by atoms with van der Waals surface area (Å²) in [6.45, 7) is 2.13. The van der Waals surface area contributed by atoms with Crippen LogP contribution in [-0.4, -0.2) is 18.5 Å². The van der Waals surface area contributed by atoms with E-state index in [-0.39, 0.29) is 5.82 Å². The van der Waals surface area contributed by atoms with E-state index in [1.54, 1.807) is 31.2 Å². The lowest BCUT2D eigenvalue weighted by molar-refractivity contribution is -0.123. The number of hydrogen-bond donors (Lipinski definition) is 0. The lowest BCUT2D eigenvalue weighted by Gasteiger charge is -2.32.